The van der Waals surface area contributed by atoms with E-state index in [0.29, 0.717) is 0 Å². The number of fused-ring (bicyclic) bond motifs is 11. The molecule has 9 aromatic rings. The van der Waals surface area contributed by atoms with Crippen molar-refractivity contribution in [2.75, 3.05) is 0 Å². The molecule has 5 aromatic carbocycles. The summed E-state index contributed by atoms with van der Waals surface area (Å²) in [5.41, 5.74) is 10.5. The summed E-state index contributed by atoms with van der Waals surface area (Å²) < 4.78 is 2.29. The van der Waals surface area contributed by atoms with Crippen molar-refractivity contribution >= 4 is 60.2 Å². The molecule has 0 aliphatic carbocycles. The molecule has 4 nitrogen and oxygen atoms in total. The van der Waals surface area contributed by atoms with Gasteiger partial charge in [0.2, 0.25) is 0 Å². The van der Waals surface area contributed by atoms with Crippen LogP contribution in [0.2, 0.25) is 0 Å². The summed E-state index contributed by atoms with van der Waals surface area (Å²) in [6, 6.07) is 44.9. The molecule has 0 unspecified atom stereocenters. The van der Waals surface area contributed by atoms with E-state index in [4.69, 9.17) is 9.97 Å². The standard InChI is InChI=1S/C37H22N4/c1-3-9-33-28(7-1)30-22-27(17-19-29(30)37-40-32-8-2-4-10-34(32)41(33)37)23-11-13-24(14-12-23)31-20-18-26-16-15-25-6-5-21-38-35(25)36(26)39-31/h1-22H. The quantitative estimate of drug-likeness (QED) is 0.213. The van der Waals surface area contributed by atoms with Gasteiger partial charge in [0.25, 0.3) is 0 Å². The SMILES string of the molecule is c1cnc2c(c1)ccc1ccc(-c3ccc(-c4ccc5c(c4)c4ccccc4n4c6ccccc6nc54)cc3)nc12. The first kappa shape index (κ1) is 22.2. The van der Waals surface area contributed by atoms with E-state index in [2.05, 4.69) is 125 Å². The van der Waals surface area contributed by atoms with Crippen LogP contribution in [0.25, 0.3) is 82.5 Å². The van der Waals surface area contributed by atoms with Crippen molar-refractivity contribution < 1.29 is 0 Å². The molecule has 4 heterocycles. The van der Waals surface area contributed by atoms with Crippen molar-refractivity contribution in [3.05, 3.63) is 134 Å². The minimum Gasteiger partial charge on any atom is -0.292 e. The molecule has 4 aromatic heterocycles. The fourth-order valence-electron chi connectivity index (χ4n) is 6.21. The summed E-state index contributed by atoms with van der Waals surface area (Å²) in [5.74, 6) is 0. The van der Waals surface area contributed by atoms with Gasteiger partial charge in [-0.2, -0.15) is 0 Å². The number of aromatic nitrogens is 4. The van der Waals surface area contributed by atoms with Gasteiger partial charge in [0.1, 0.15) is 5.65 Å². The van der Waals surface area contributed by atoms with Crippen molar-refractivity contribution in [2.24, 2.45) is 0 Å². The first-order valence-electron chi connectivity index (χ1n) is 13.8. The Hall–Kier alpha value is -5.61. The molecule has 0 radical (unpaired) electrons. The lowest BCUT2D eigenvalue weighted by atomic mass is 9.98. The van der Waals surface area contributed by atoms with Crippen LogP contribution < -0.4 is 0 Å². The molecular weight excluding hydrogens is 500 g/mol. The first-order chi connectivity index (χ1) is 20.3. The van der Waals surface area contributed by atoms with E-state index in [0.717, 1.165) is 55.1 Å². The van der Waals surface area contributed by atoms with Gasteiger partial charge >= 0.3 is 0 Å². The third kappa shape index (κ3) is 3.31. The van der Waals surface area contributed by atoms with Crippen molar-refractivity contribution in [1.29, 1.82) is 0 Å². The molecule has 0 aliphatic heterocycles. The second-order valence-corrected chi connectivity index (χ2v) is 10.5. The first-order valence-corrected chi connectivity index (χ1v) is 13.8. The van der Waals surface area contributed by atoms with Crippen LogP contribution in [-0.4, -0.2) is 19.4 Å². The van der Waals surface area contributed by atoms with Gasteiger partial charge in [0.15, 0.2) is 0 Å². The normalized spacial score (nSPS) is 11.9. The Bertz CT molecular complexity index is 2470. The third-order valence-corrected chi connectivity index (χ3v) is 8.20. The number of imidazole rings is 1. The van der Waals surface area contributed by atoms with E-state index in [1.165, 1.54) is 27.4 Å². The maximum absolute atomic E-state index is 5.03. The molecule has 0 saturated carbocycles. The zero-order valence-electron chi connectivity index (χ0n) is 22.0. The second kappa shape index (κ2) is 8.44. The topological polar surface area (TPSA) is 43.1 Å². The van der Waals surface area contributed by atoms with Gasteiger partial charge in [-0.3, -0.25) is 9.38 Å². The van der Waals surface area contributed by atoms with Crippen LogP contribution in [0.4, 0.5) is 0 Å². The fraction of sp³-hybridized carbons (Fsp3) is 0. The Morgan fingerprint density at radius 2 is 1.20 bits per heavy atom. The lowest BCUT2D eigenvalue weighted by molar-refractivity contribution is 1.31. The van der Waals surface area contributed by atoms with Crippen LogP contribution in [-0.2, 0) is 0 Å². The van der Waals surface area contributed by atoms with Gasteiger partial charge in [-0.25, -0.2) is 9.97 Å². The summed E-state index contributed by atoms with van der Waals surface area (Å²) in [4.78, 5) is 14.7. The molecular formula is C37H22N4. The average molecular weight is 523 g/mol. The summed E-state index contributed by atoms with van der Waals surface area (Å²) >= 11 is 0. The van der Waals surface area contributed by atoms with Crippen molar-refractivity contribution in [1.82, 2.24) is 19.4 Å². The molecule has 190 valence electrons. The fourth-order valence-corrected chi connectivity index (χ4v) is 6.21. The summed E-state index contributed by atoms with van der Waals surface area (Å²) in [6.07, 6.45) is 1.83. The van der Waals surface area contributed by atoms with Crippen LogP contribution in [0.15, 0.2) is 134 Å². The number of hydrogen-bond acceptors (Lipinski definition) is 3. The summed E-state index contributed by atoms with van der Waals surface area (Å²) in [5, 5.41) is 5.78. The lowest BCUT2D eigenvalue weighted by Crippen LogP contribution is -1.92. The molecule has 4 heteroatoms. The Kier molecular flexibility index (Phi) is 4.58. The van der Waals surface area contributed by atoms with E-state index in [9.17, 15) is 0 Å². The summed E-state index contributed by atoms with van der Waals surface area (Å²) in [6.45, 7) is 0. The number of rotatable bonds is 2. The van der Waals surface area contributed by atoms with Crippen LogP contribution in [0.5, 0.6) is 0 Å². The smallest absolute Gasteiger partial charge is 0.146 e. The predicted octanol–water partition coefficient (Wildman–Crippen LogP) is 9.22. The van der Waals surface area contributed by atoms with Crippen LogP contribution in [0.3, 0.4) is 0 Å². The van der Waals surface area contributed by atoms with Gasteiger partial charge in [0, 0.05) is 33.3 Å². The van der Waals surface area contributed by atoms with Gasteiger partial charge < -0.3 is 0 Å². The molecule has 0 atom stereocenters. The van der Waals surface area contributed by atoms with Crippen LogP contribution in [0, 0.1) is 0 Å². The number of pyridine rings is 3. The predicted molar refractivity (Wildman–Crippen MR) is 169 cm³/mol. The van der Waals surface area contributed by atoms with Crippen LogP contribution in [0.1, 0.15) is 0 Å². The maximum atomic E-state index is 5.03. The van der Waals surface area contributed by atoms with Crippen molar-refractivity contribution in [3.63, 3.8) is 0 Å². The molecule has 0 aliphatic rings. The largest absolute Gasteiger partial charge is 0.292 e. The molecule has 0 spiro atoms. The van der Waals surface area contributed by atoms with E-state index in [-0.39, 0.29) is 0 Å². The Morgan fingerprint density at radius 3 is 2.10 bits per heavy atom. The number of benzene rings is 5. The third-order valence-electron chi connectivity index (χ3n) is 8.20. The number of nitrogens with zero attached hydrogens (tertiary/aromatic N) is 4. The highest BCUT2D eigenvalue weighted by atomic mass is 15.0. The zero-order valence-corrected chi connectivity index (χ0v) is 22.0. The van der Waals surface area contributed by atoms with E-state index >= 15 is 0 Å². The highest BCUT2D eigenvalue weighted by Gasteiger charge is 2.14. The van der Waals surface area contributed by atoms with Gasteiger partial charge in [-0.1, -0.05) is 84.9 Å². The molecule has 0 bridgehead atoms. The Balaban J connectivity index is 1.18. The minimum absolute atomic E-state index is 0.934. The van der Waals surface area contributed by atoms with Crippen LogP contribution >= 0.6 is 0 Å². The van der Waals surface area contributed by atoms with Gasteiger partial charge in [-0.15, -0.1) is 0 Å². The van der Waals surface area contributed by atoms with Crippen molar-refractivity contribution in [2.45, 2.75) is 0 Å². The number of hydrogen-bond donors (Lipinski definition) is 0. The monoisotopic (exact) mass is 522 g/mol. The van der Waals surface area contributed by atoms with Crippen molar-refractivity contribution in [3.8, 4) is 22.4 Å². The average Bonchev–Trinajstić information content (AvgIpc) is 3.44. The highest BCUT2D eigenvalue weighted by molar-refractivity contribution is 6.14. The van der Waals surface area contributed by atoms with E-state index in [1.807, 2.05) is 18.3 Å². The summed E-state index contributed by atoms with van der Waals surface area (Å²) in [7, 11) is 0. The lowest BCUT2D eigenvalue weighted by Gasteiger charge is -2.11. The Morgan fingerprint density at radius 1 is 0.463 bits per heavy atom. The zero-order chi connectivity index (χ0) is 26.9. The highest BCUT2D eigenvalue weighted by Crippen LogP contribution is 2.35. The molecule has 0 fully saturated rings. The van der Waals surface area contributed by atoms with E-state index < -0.39 is 0 Å². The molecule has 0 saturated heterocycles. The second-order valence-electron chi connectivity index (χ2n) is 10.5. The Labute approximate surface area is 235 Å². The van der Waals surface area contributed by atoms with Gasteiger partial charge in [0.05, 0.1) is 33.3 Å². The van der Waals surface area contributed by atoms with E-state index in [1.54, 1.807) is 0 Å². The maximum Gasteiger partial charge on any atom is 0.146 e. The number of para-hydroxylation sites is 3. The van der Waals surface area contributed by atoms with Gasteiger partial charge in [-0.05, 0) is 59.0 Å². The minimum atomic E-state index is 0.934. The molecule has 0 amide bonds. The molecule has 0 N–H and O–H groups in total. The molecule has 9 rings (SSSR count). The molecule has 41 heavy (non-hydrogen) atoms.